The minimum absolute atomic E-state index is 0.207. The van der Waals surface area contributed by atoms with Crippen LogP contribution in [0.4, 0.5) is 0 Å². The SMILES string of the molecule is COc1ccc(-n2nc(C(=O)O)nc2C)cc1C. The number of rotatable bonds is 3. The van der Waals surface area contributed by atoms with Crippen molar-refractivity contribution < 1.29 is 14.6 Å². The van der Waals surface area contributed by atoms with Crippen LogP contribution in [0.2, 0.25) is 0 Å². The zero-order chi connectivity index (χ0) is 13.3. The first-order chi connectivity index (χ1) is 8.52. The van der Waals surface area contributed by atoms with E-state index in [0.29, 0.717) is 5.82 Å². The smallest absolute Gasteiger partial charge is 0.375 e. The molecule has 6 nitrogen and oxygen atoms in total. The Morgan fingerprint density at radius 1 is 1.39 bits per heavy atom. The van der Waals surface area contributed by atoms with Crippen LogP contribution in [-0.2, 0) is 0 Å². The second kappa shape index (κ2) is 4.48. The number of benzene rings is 1. The fourth-order valence-electron chi connectivity index (χ4n) is 1.72. The van der Waals surface area contributed by atoms with E-state index >= 15 is 0 Å². The zero-order valence-electron chi connectivity index (χ0n) is 10.3. The number of carbonyl (C=O) groups is 1. The van der Waals surface area contributed by atoms with Crippen LogP contribution < -0.4 is 4.74 Å². The summed E-state index contributed by atoms with van der Waals surface area (Å²) in [6.45, 7) is 3.62. The van der Waals surface area contributed by atoms with Gasteiger partial charge in [0.2, 0.25) is 0 Å². The van der Waals surface area contributed by atoms with Crippen LogP contribution in [0.25, 0.3) is 5.69 Å². The number of nitrogens with zero attached hydrogens (tertiary/aromatic N) is 3. The van der Waals surface area contributed by atoms with E-state index < -0.39 is 5.97 Å². The van der Waals surface area contributed by atoms with Gasteiger partial charge in [-0.2, -0.15) is 0 Å². The minimum Gasteiger partial charge on any atom is -0.496 e. The molecule has 0 aliphatic heterocycles. The van der Waals surface area contributed by atoms with Gasteiger partial charge in [0.05, 0.1) is 12.8 Å². The molecule has 0 amide bonds. The number of aromatic nitrogens is 3. The Balaban J connectivity index is 2.48. The number of hydrogen-bond acceptors (Lipinski definition) is 4. The predicted octanol–water partition coefficient (Wildman–Crippen LogP) is 1.59. The summed E-state index contributed by atoms with van der Waals surface area (Å²) in [5.41, 5.74) is 1.70. The summed E-state index contributed by atoms with van der Waals surface area (Å²) in [7, 11) is 1.60. The van der Waals surface area contributed by atoms with E-state index in [0.717, 1.165) is 17.0 Å². The second-order valence-electron chi connectivity index (χ2n) is 3.85. The second-order valence-corrected chi connectivity index (χ2v) is 3.85. The van der Waals surface area contributed by atoms with Gasteiger partial charge >= 0.3 is 5.97 Å². The highest BCUT2D eigenvalue weighted by atomic mass is 16.5. The van der Waals surface area contributed by atoms with Gasteiger partial charge in [0, 0.05) is 0 Å². The van der Waals surface area contributed by atoms with Gasteiger partial charge < -0.3 is 9.84 Å². The van der Waals surface area contributed by atoms with Crippen molar-refractivity contribution in [3.05, 3.63) is 35.4 Å². The van der Waals surface area contributed by atoms with Crippen LogP contribution in [0.5, 0.6) is 5.75 Å². The first-order valence-corrected chi connectivity index (χ1v) is 5.35. The van der Waals surface area contributed by atoms with Crippen molar-refractivity contribution in [1.29, 1.82) is 0 Å². The lowest BCUT2D eigenvalue weighted by Crippen LogP contribution is -2.03. The number of aromatic carboxylic acids is 1. The monoisotopic (exact) mass is 247 g/mol. The fraction of sp³-hybridized carbons (Fsp3) is 0.250. The Kier molecular flexibility index (Phi) is 3.01. The molecular formula is C12H13N3O3. The van der Waals surface area contributed by atoms with Crippen molar-refractivity contribution in [2.75, 3.05) is 7.11 Å². The Morgan fingerprint density at radius 3 is 2.61 bits per heavy atom. The molecule has 0 radical (unpaired) electrons. The van der Waals surface area contributed by atoms with E-state index in [9.17, 15) is 4.79 Å². The summed E-state index contributed by atoms with van der Waals surface area (Å²) < 4.78 is 6.67. The number of carboxylic acid groups (broad SMARTS) is 1. The molecule has 1 aromatic heterocycles. The lowest BCUT2D eigenvalue weighted by molar-refractivity contribution is 0.0683. The molecule has 94 valence electrons. The van der Waals surface area contributed by atoms with Crippen molar-refractivity contribution in [2.24, 2.45) is 0 Å². The number of carboxylic acids is 1. The molecule has 18 heavy (non-hydrogen) atoms. The molecule has 0 aliphatic carbocycles. The summed E-state index contributed by atoms with van der Waals surface area (Å²) in [6, 6.07) is 5.48. The molecule has 0 spiro atoms. The molecule has 0 bridgehead atoms. The Morgan fingerprint density at radius 2 is 2.11 bits per heavy atom. The zero-order valence-corrected chi connectivity index (χ0v) is 10.3. The highest BCUT2D eigenvalue weighted by Gasteiger charge is 2.14. The highest BCUT2D eigenvalue weighted by molar-refractivity contribution is 5.83. The van der Waals surface area contributed by atoms with E-state index in [1.165, 1.54) is 4.68 Å². The molecule has 0 fully saturated rings. The number of hydrogen-bond donors (Lipinski definition) is 1. The lowest BCUT2D eigenvalue weighted by Gasteiger charge is -2.07. The molecule has 2 rings (SSSR count). The van der Waals surface area contributed by atoms with Crippen molar-refractivity contribution >= 4 is 5.97 Å². The third-order valence-electron chi connectivity index (χ3n) is 2.58. The van der Waals surface area contributed by atoms with Crippen molar-refractivity contribution in [1.82, 2.24) is 14.8 Å². The van der Waals surface area contributed by atoms with Crippen molar-refractivity contribution in [2.45, 2.75) is 13.8 Å². The highest BCUT2D eigenvalue weighted by Crippen LogP contribution is 2.21. The van der Waals surface area contributed by atoms with Crippen LogP contribution in [0.1, 0.15) is 22.0 Å². The molecule has 0 atom stereocenters. The van der Waals surface area contributed by atoms with Gasteiger partial charge in [0.25, 0.3) is 5.82 Å². The van der Waals surface area contributed by atoms with Gasteiger partial charge in [-0.1, -0.05) is 0 Å². The van der Waals surface area contributed by atoms with Crippen LogP contribution in [0, 0.1) is 13.8 Å². The fourth-order valence-corrected chi connectivity index (χ4v) is 1.72. The van der Waals surface area contributed by atoms with Gasteiger partial charge in [0.1, 0.15) is 11.6 Å². The lowest BCUT2D eigenvalue weighted by atomic mass is 10.2. The maximum atomic E-state index is 10.8. The summed E-state index contributed by atoms with van der Waals surface area (Å²) >= 11 is 0. The standard InChI is InChI=1S/C12H13N3O3/c1-7-6-9(4-5-10(7)18-3)15-8(2)13-11(14-15)12(16)17/h4-6H,1-3H3,(H,16,17). The molecule has 6 heteroatoms. The molecule has 0 saturated carbocycles. The normalized spacial score (nSPS) is 10.4. The van der Waals surface area contributed by atoms with Crippen LogP contribution in [0.3, 0.4) is 0 Å². The number of methoxy groups -OCH3 is 1. The largest absolute Gasteiger partial charge is 0.496 e. The van der Waals surface area contributed by atoms with Gasteiger partial charge in [-0.25, -0.2) is 14.5 Å². The third kappa shape index (κ3) is 2.04. The Bertz CT molecular complexity index is 605. The predicted molar refractivity (Wildman–Crippen MR) is 64.3 cm³/mol. The summed E-state index contributed by atoms with van der Waals surface area (Å²) in [6.07, 6.45) is 0. The maximum absolute atomic E-state index is 10.8. The van der Waals surface area contributed by atoms with E-state index in [4.69, 9.17) is 9.84 Å². The first-order valence-electron chi connectivity index (χ1n) is 5.35. The van der Waals surface area contributed by atoms with Crippen LogP contribution in [-0.4, -0.2) is 33.0 Å². The minimum atomic E-state index is -1.14. The van der Waals surface area contributed by atoms with E-state index in [1.54, 1.807) is 20.1 Å². The molecule has 0 unspecified atom stereocenters. The van der Waals surface area contributed by atoms with E-state index in [-0.39, 0.29) is 5.82 Å². The van der Waals surface area contributed by atoms with Crippen molar-refractivity contribution in [3.63, 3.8) is 0 Å². The van der Waals surface area contributed by atoms with Crippen LogP contribution >= 0.6 is 0 Å². The van der Waals surface area contributed by atoms with Crippen LogP contribution in [0.15, 0.2) is 18.2 Å². The Hall–Kier alpha value is -2.37. The van der Waals surface area contributed by atoms with Gasteiger partial charge in [0.15, 0.2) is 0 Å². The average molecular weight is 247 g/mol. The Labute approximate surface area is 104 Å². The summed E-state index contributed by atoms with van der Waals surface area (Å²) in [5, 5.41) is 12.8. The topological polar surface area (TPSA) is 77.2 Å². The average Bonchev–Trinajstić information content (AvgIpc) is 2.71. The third-order valence-corrected chi connectivity index (χ3v) is 2.58. The number of ether oxygens (including phenoxy) is 1. The number of aryl methyl sites for hydroxylation is 2. The molecule has 1 aromatic carbocycles. The van der Waals surface area contributed by atoms with Gasteiger partial charge in [-0.05, 0) is 37.6 Å². The summed E-state index contributed by atoms with van der Waals surface area (Å²) in [4.78, 5) is 14.7. The molecule has 1 heterocycles. The summed E-state index contributed by atoms with van der Waals surface area (Å²) in [5.74, 6) is -0.0463. The maximum Gasteiger partial charge on any atom is 0.375 e. The van der Waals surface area contributed by atoms with E-state index in [1.807, 2.05) is 19.1 Å². The van der Waals surface area contributed by atoms with Gasteiger partial charge in [-0.3, -0.25) is 0 Å². The van der Waals surface area contributed by atoms with Crippen molar-refractivity contribution in [3.8, 4) is 11.4 Å². The quantitative estimate of drug-likeness (QED) is 0.891. The van der Waals surface area contributed by atoms with E-state index in [2.05, 4.69) is 10.1 Å². The molecule has 2 aromatic rings. The molecule has 1 N–H and O–H groups in total. The molecular weight excluding hydrogens is 234 g/mol. The van der Waals surface area contributed by atoms with Gasteiger partial charge in [-0.15, -0.1) is 5.10 Å². The first kappa shape index (κ1) is 12.1. The molecule has 0 aliphatic rings. The molecule has 0 saturated heterocycles.